The van der Waals surface area contributed by atoms with E-state index in [1.807, 2.05) is 4.90 Å². The standard InChI is InChI=1S/C15H27N3O3/c1-16-6-4-7-17(10-9-16)12-14(19)18-8-3-2-5-13(18)11-15(20)21/h13H,2-12H2,1H3,(H,20,21). The van der Waals surface area contributed by atoms with Gasteiger partial charge in [-0.1, -0.05) is 0 Å². The van der Waals surface area contributed by atoms with Crippen LogP contribution in [0.1, 0.15) is 32.1 Å². The van der Waals surface area contributed by atoms with E-state index in [0.717, 1.165) is 51.9 Å². The molecule has 2 aliphatic heterocycles. The van der Waals surface area contributed by atoms with E-state index in [0.29, 0.717) is 13.1 Å². The molecular weight excluding hydrogens is 270 g/mol. The summed E-state index contributed by atoms with van der Waals surface area (Å²) in [6, 6.07) is -0.113. The van der Waals surface area contributed by atoms with Gasteiger partial charge in [0.05, 0.1) is 13.0 Å². The van der Waals surface area contributed by atoms with E-state index in [9.17, 15) is 9.59 Å². The lowest BCUT2D eigenvalue weighted by atomic mass is 9.99. The van der Waals surface area contributed by atoms with E-state index in [4.69, 9.17) is 5.11 Å². The lowest BCUT2D eigenvalue weighted by Gasteiger charge is -2.36. The van der Waals surface area contributed by atoms with Crippen LogP contribution in [0.4, 0.5) is 0 Å². The van der Waals surface area contributed by atoms with Crippen LogP contribution in [-0.4, -0.2) is 84.0 Å². The monoisotopic (exact) mass is 297 g/mol. The Bertz CT molecular complexity index is 375. The van der Waals surface area contributed by atoms with E-state index < -0.39 is 5.97 Å². The molecule has 21 heavy (non-hydrogen) atoms. The van der Waals surface area contributed by atoms with Gasteiger partial charge in [-0.25, -0.2) is 0 Å². The number of likely N-dealkylation sites (N-methyl/N-ethyl adjacent to an activating group) is 1. The third-order valence-corrected chi connectivity index (χ3v) is 4.53. The summed E-state index contributed by atoms with van der Waals surface area (Å²) in [5.74, 6) is -0.707. The Morgan fingerprint density at radius 3 is 2.62 bits per heavy atom. The van der Waals surface area contributed by atoms with E-state index in [1.165, 1.54) is 0 Å². The molecule has 2 heterocycles. The largest absolute Gasteiger partial charge is 0.481 e. The minimum Gasteiger partial charge on any atom is -0.481 e. The molecule has 120 valence electrons. The zero-order valence-electron chi connectivity index (χ0n) is 13.0. The molecule has 0 saturated carbocycles. The first-order chi connectivity index (χ1) is 10.1. The van der Waals surface area contributed by atoms with Crippen LogP contribution >= 0.6 is 0 Å². The number of rotatable bonds is 4. The van der Waals surface area contributed by atoms with Crippen LogP contribution in [0.15, 0.2) is 0 Å². The minimum atomic E-state index is -0.809. The fourth-order valence-electron chi connectivity index (χ4n) is 3.28. The summed E-state index contributed by atoms with van der Waals surface area (Å²) in [5, 5.41) is 9.00. The second kappa shape index (κ2) is 7.75. The van der Waals surface area contributed by atoms with E-state index in [-0.39, 0.29) is 18.4 Å². The van der Waals surface area contributed by atoms with Crippen LogP contribution in [0, 0.1) is 0 Å². The Morgan fingerprint density at radius 1 is 1.05 bits per heavy atom. The summed E-state index contributed by atoms with van der Waals surface area (Å²) in [5.41, 5.74) is 0. The first-order valence-electron chi connectivity index (χ1n) is 7.98. The summed E-state index contributed by atoms with van der Waals surface area (Å²) in [7, 11) is 2.11. The Balaban J connectivity index is 1.89. The molecule has 6 heteroatoms. The van der Waals surface area contributed by atoms with Crippen LogP contribution in [-0.2, 0) is 9.59 Å². The van der Waals surface area contributed by atoms with Crippen molar-refractivity contribution in [1.29, 1.82) is 0 Å². The highest BCUT2D eigenvalue weighted by molar-refractivity contribution is 5.79. The first kappa shape index (κ1) is 16.2. The maximum absolute atomic E-state index is 12.5. The maximum Gasteiger partial charge on any atom is 0.305 e. The molecule has 6 nitrogen and oxygen atoms in total. The number of hydrogen-bond donors (Lipinski definition) is 1. The van der Waals surface area contributed by atoms with Crippen molar-refractivity contribution < 1.29 is 14.7 Å². The predicted octanol–water partition coefficient (Wildman–Crippen LogP) is 0.480. The molecule has 0 aromatic rings. The predicted molar refractivity (Wildman–Crippen MR) is 80.2 cm³/mol. The van der Waals surface area contributed by atoms with Crippen molar-refractivity contribution in [3.05, 3.63) is 0 Å². The van der Waals surface area contributed by atoms with Crippen molar-refractivity contribution in [2.45, 2.75) is 38.1 Å². The fraction of sp³-hybridized carbons (Fsp3) is 0.867. The smallest absolute Gasteiger partial charge is 0.305 e. The molecule has 0 bridgehead atoms. The second-order valence-corrected chi connectivity index (χ2v) is 6.27. The zero-order chi connectivity index (χ0) is 15.2. The number of nitrogens with zero attached hydrogens (tertiary/aromatic N) is 3. The molecule has 0 aromatic heterocycles. The molecule has 0 aliphatic carbocycles. The highest BCUT2D eigenvalue weighted by atomic mass is 16.4. The second-order valence-electron chi connectivity index (χ2n) is 6.27. The molecule has 2 rings (SSSR count). The van der Waals surface area contributed by atoms with E-state index >= 15 is 0 Å². The average Bonchev–Trinajstić information content (AvgIpc) is 2.63. The highest BCUT2D eigenvalue weighted by Crippen LogP contribution is 2.20. The number of carboxylic acids is 1. The number of aliphatic carboxylic acids is 1. The maximum atomic E-state index is 12.5. The summed E-state index contributed by atoms with van der Waals surface area (Å²) >= 11 is 0. The molecule has 2 fully saturated rings. The molecule has 1 amide bonds. The van der Waals surface area contributed by atoms with Crippen molar-refractivity contribution in [2.75, 3.05) is 46.3 Å². The fourth-order valence-corrected chi connectivity index (χ4v) is 3.28. The Morgan fingerprint density at radius 2 is 1.86 bits per heavy atom. The van der Waals surface area contributed by atoms with Crippen LogP contribution < -0.4 is 0 Å². The number of carbonyl (C=O) groups excluding carboxylic acids is 1. The number of amides is 1. The van der Waals surface area contributed by atoms with Gasteiger partial charge in [0, 0.05) is 25.7 Å². The average molecular weight is 297 g/mol. The van der Waals surface area contributed by atoms with Gasteiger partial charge >= 0.3 is 5.97 Å². The molecule has 2 saturated heterocycles. The number of carbonyl (C=O) groups is 2. The molecule has 0 radical (unpaired) electrons. The third-order valence-electron chi connectivity index (χ3n) is 4.53. The molecule has 0 aromatic carbocycles. The van der Waals surface area contributed by atoms with Gasteiger partial charge in [-0.3, -0.25) is 14.5 Å². The molecular formula is C15H27N3O3. The molecule has 0 spiro atoms. The first-order valence-corrected chi connectivity index (χ1v) is 7.98. The van der Waals surface area contributed by atoms with Crippen molar-refractivity contribution in [1.82, 2.24) is 14.7 Å². The van der Waals surface area contributed by atoms with Crippen molar-refractivity contribution >= 4 is 11.9 Å². The van der Waals surface area contributed by atoms with Gasteiger partial charge in [-0.2, -0.15) is 0 Å². The summed E-state index contributed by atoms with van der Waals surface area (Å²) in [4.78, 5) is 29.8. The van der Waals surface area contributed by atoms with Crippen LogP contribution in [0.25, 0.3) is 0 Å². The highest BCUT2D eigenvalue weighted by Gasteiger charge is 2.29. The number of piperidine rings is 1. The van der Waals surface area contributed by atoms with Crippen molar-refractivity contribution in [3.8, 4) is 0 Å². The van der Waals surface area contributed by atoms with Crippen molar-refractivity contribution in [3.63, 3.8) is 0 Å². The Labute approximate surface area is 126 Å². The van der Waals surface area contributed by atoms with Crippen molar-refractivity contribution in [2.24, 2.45) is 0 Å². The van der Waals surface area contributed by atoms with Crippen LogP contribution in [0.2, 0.25) is 0 Å². The third kappa shape index (κ3) is 4.97. The van der Waals surface area contributed by atoms with Gasteiger partial charge in [0.1, 0.15) is 0 Å². The minimum absolute atomic E-state index is 0.0779. The lowest BCUT2D eigenvalue weighted by Crippen LogP contribution is -2.49. The Hall–Kier alpha value is -1.14. The Kier molecular flexibility index (Phi) is 5.99. The van der Waals surface area contributed by atoms with Crippen LogP contribution in [0.3, 0.4) is 0 Å². The topological polar surface area (TPSA) is 64.1 Å². The molecule has 1 unspecified atom stereocenters. The molecule has 1 N–H and O–H groups in total. The van der Waals surface area contributed by atoms with Gasteiger partial charge < -0.3 is 14.9 Å². The number of carboxylic acid groups (broad SMARTS) is 1. The van der Waals surface area contributed by atoms with Gasteiger partial charge in [0.2, 0.25) is 5.91 Å². The van der Waals surface area contributed by atoms with Gasteiger partial charge in [0.25, 0.3) is 0 Å². The normalized spacial score (nSPS) is 25.6. The lowest BCUT2D eigenvalue weighted by molar-refractivity contribution is -0.142. The van der Waals surface area contributed by atoms with Gasteiger partial charge in [-0.05, 0) is 45.8 Å². The summed E-state index contributed by atoms with van der Waals surface area (Å²) in [6.45, 7) is 5.09. The number of hydrogen-bond acceptors (Lipinski definition) is 4. The quantitative estimate of drug-likeness (QED) is 0.818. The zero-order valence-corrected chi connectivity index (χ0v) is 13.0. The van der Waals surface area contributed by atoms with E-state index in [1.54, 1.807) is 0 Å². The van der Waals surface area contributed by atoms with Crippen LogP contribution in [0.5, 0.6) is 0 Å². The summed E-state index contributed by atoms with van der Waals surface area (Å²) < 4.78 is 0. The van der Waals surface area contributed by atoms with Gasteiger partial charge in [-0.15, -0.1) is 0 Å². The van der Waals surface area contributed by atoms with E-state index in [2.05, 4.69) is 16.8 Å². The molecule has 2 aliphatic rings. The SMILES string of the molecule is CN1CCCN(CC(=O)N2CCCCC2CC(=O)O)CC1. The van der Waals surface area contributed by atoms with Gasteiger partial charge in [0.15, 0.2) is 0 Å². The number of likely N-dealkylation sites (tertiary alicyclic amines) is 1. The molecule has 1 atom stereocenters. The summed E-state index contributed by atoms with van der Waals surface area (Å²) in [6.07, 6.45) is 4.00.